The molecule has 0 saturated carbocycles. The average molecular weight is 306 g/mol. The Morgan fingerprint density at radius 3 is 2.65 bits per heavy atom. The molecule has 6 nitrogen and oxygen atoms in total. The lowest BCUT2D eigenvalue weighted by atomic mass is 9.92. The van der Waals surface area contributed by atoms with Gasteiger partial charge in [0, 0.05) is 38.2 Å². The monoisotopic (exact) mass is 306 g/mol. The van der Waals surface area contributed by atoms with E-state index in [0.717, 1.165) is 37.8 Å². The van der Waals surface area contributed by atoms with Crippen LogP contribution in [0.25, 0.3) is 0 Å². The van der Waals surface area contributed by atoms with E-state index in [1.807, 2.05) is 18.2 Å². The lowest BCUT2D eigenvalue weighted by molar-refractivity contribution is 0.387. The third kappa shape index (κ3) is 2.59. The van der Waals surface area contributed by atoms with Crippen molar-refractivity contribution in [2.75, 3.05) is 29.4 Å². The summed E-state index contributed by atoms with van der Waals surface area (Å²) in [7, 11) is 0. The highest BCUT2D eigenvalue weighted by atomic mass is 15.3. The van der Waals surface area contributed by atoms with Crippen LogP contribution < -0.4 is 9.80 Å². The first kappa shape index (κ1) is 13.9. The Morgan fingerprint density at radius 1 is 1.09 bits per heavy atom. The summed E-state index contributed by atoms with van der Waals surface area (Å²) in [4.78, 5) is 17.9. The van der Waals surface area contributed by atoms with E-state index in [1.54, 1.807) is 18.6 Å². The van der Waals surface area contributed by atoms with E-state index in [-0.39, 0.29) is 0 Å². The van der Waals surface area contributed by atoms with E-state index in [9.17, 15) is 0 Å². The molecule has 116 valence electrons. The molecule has 0 radical (unpaired) electrons. The summed E-state index contributed by atoms with van der Waals surface area (Å²) in [6, 6.07) is 8.21. The van der Waals surface area contributed by atoms with E-state index in [1.165, 1.54) is 6.42 Å². The zero-order valence-electron chi connectivity index (χ0n) is 12.8. The van der Waals surface area contributed by atoms with Crippen LogP contribution in [0, 0.1) is 17.2 Å². The minimum absolute atomic E-state index is 0.438. The van der Waals surface area contributed by atoms with Gasteiger partial charge in [-0.15, -0.1) is 0 Å². The highest BCUT2D eigenvalue weighted by Crippen LogP contribution is 2.35. The summed E-state index contributed by atoms with van der Waals surface area (Å²) in [6.07, 6.45) is 7.61. The van der Waals surface area contributed by atoms with Gasteiger partial charge in [-0.05, 0) is 37.0 Å². The van der Waals surface area contributed by atoms with Crippen molar-refractivity contribution in [2.45, 2.75) is 18.9 Å². The van der Waals surface area contributed by atoms with Gasteiger partial charge in [-0.2, -0.15) is 5.26 Å². The Labute approximate surface area is 135 Å². The molecule has 0 amide bonds. The fourth-order valence-corrected chi connectivity index (χ4v) is 3.68. The normalized spacial score (nSPS) is 23.4. The van der Waals surface area contributed by atoms with E-state index in [4.69, 9.17) is 5.26 Å². The van der Waals surface area contributed by atoms with E-state index < -0.39 is 0 Å². The standard InChI is InChI=1S/C17H18N6/c18-10-13-2-3-16(21-11-13)23-9-5-14-4-8-22(12-15(14)23)17-19-6-1-7-20-17/h1-3,6-7,11,14-15H,4-5,8-9,12H2. The van der Waals surface area contributed by atoms with Gasteiger partial charge in [0.2, 0.25) is 5.95 Å². The predicted molar refractivity (Wildman–Crippen MR) is 87.1 cm³/mol. The highest BCUT2D eigenvalue weighted by Gasteiger charge is 2.39. The van der Waals surface area contributed by atoms with Crippen molar-refractivity contribution in [2.24, 2.45) is 5.92 Å². The second-order valence-corrected chi connectivity index (χ2v) is 6.11. The average Bonchev–Trinajstić information content (AvgIpc) is 3.05. The molecule has 0 aliphatic carbocycles. The lowest BCUT2D eigenvalue weighted by Gasteiger charge is -2.38. The third-order valence-electron chi connectivity index (χ3n) is 4.87. The number of rotatable bonds is 2. The number of pyridine rings is 1. The van der Waals surface area contributed by atoms with Crippen molar-refractivity contribution in [1.29, 1.82) is 5.26 Å². The van der Waals surface area contributed by atoms with Crippen molar-refractivity contribution < 1.29 is 0 Å². The van der Waals surface area contributed by atoms with Crippen molar-refractivity contribution in [3.63, 3.8) is 0 Å². The van der Waals surface area contributed by atoms with Gasteiger partial charge in [-0.1, -0.05) is 0 Å². The van der Waals surface area contributed by atoms with Crippen LogP contribution in [0.15, 0.2) is 36.8 Å². The summed E-state index contributed by atoms with van der Waals surface area (Å²) in [5.41, 5.74) is 0.604. The highest BCUT2D eigenvalue weighted by molar-refractivity contribution is 5.46. The molecule has 0 aromatic carbocycles. The van der Waals surface area contributed by atoms with E-state index >= 15 is 0 Å². The molecule has 2 atom stereocenters. The summed E-state index contributed by atoms with van der Waals surface area (Å²) in [5.74, 6) is 2.48. The molecule has 23 heavy (non-hydrogen) atoms. The van der Waals surface area contributed by atoms with Crippen LogP contribution in [0.3, 0.4) is 0 Å². The van der Waals surface area contributed by atoms with Crippen LogP contribution in [0.5, 0.6) is 0 Å². The van der Waals surface area contributed by atoms with Crippen LogP contribution in [0.4, 0.5) is 11.8 Å². The van der Waals surface area contributed by atoms with E-state index in [2.05, 4.69) is 30.8 Å². The second kappa shape index (κ2) is 5.84. The number of nitrogens with zero attached hydrogens (tertiary/aromatic N) is 6. The Bertz CT molecular complexity index is 708. The maximum atomic E-state index is 8.92. The molecule has 2 aromatic heterocycles. The molecule has 2 unspecified atom stereocenters. The summed E-state index contributed by atoms with van der Waals surface area (Å²) < 4.78 is 0. The zero-order chi connectivity index (χ0) is 15.6. The number of anilines is 2. The number of hydrogen-bond acceptors (Lipinski definition) is 6. The molecule has 2 aromatic rings. The SMILES string of the molecule is N#Cc1ccc(N2CCC3CCN(c4ncccn4)CC32)nc1. The van der Waals surface area contributed by atoms with Crippen LogP contribution in [0.1, 0.15) is 18.4 Å². The number of piperidine rings is 1. The van der Waals surface area contributed by atoms with Gasteiger partial charge in [-0.3, -0.25) is 0 Å². The molecule has 0 spiro atoms. The number of hydrogen-bond donors (Lipinski definition) is 0. The molecule has 2 saturated heterocycles. The fraction of sp³-hybridized carbons (Fsp3) is 0.412. The molecule has 4 rings (SSSR count). The summed E-state index contributed by atoms with van der Waals surface area (Å²) in [6.45, 7) is 2.97. The van der Waals surface area contributed by atoms with Gasteiger partial charge in [0.1, 0.15) is 11.9 Å². The molecule has 6 heteroatoms. The number of fused-ring (bicyclic) bond motifs is 1. The molecule has 4 heterocycles. The van der Waals surface area contributed by atoms with E-state index in [0.29, 0.717) is 17.5 Å². The summed E-state index contributed by atoms with van der Waals surface area (Å²) in [5, 5.41) is 8.92. The predicted octanol–water partition coefficient (Wildman–Crippen LogP) is 1.85. The smallest absolute Gasteiger partial charge is 0.225 e. The van der Waals surface area contributed by atoms with Crippen LogP contribution >= 0.6 is 0 Å². The Morgan fingerprint density at radius 2 is 1.91 bits per heavy atom. The van der Waals surface area contributed by atoms with Crippen LogP contribution in [-0.4, -0.2) is 40.6 Å². The Balaban J connectivity index is 1.55. The molecule has 2 aliphatic heterocycles. The molecular formula is C17H18N6. The van der Waals surface area contributed by atoms with Crippen molar-refractivity contribution in [3.8, 4) is 6.07 Å². The first-order valence-electron chi connectivity index (χ1n) is 8.00. The van der Waals surface area contributed by atoms with Crippen molar-refractivity contribution in [3.05, 3.63) is 42.4 Å². The van der Waals surface area contributed by atoms with Crippen LogP contribution in [-0.2, 0) is 0 Å². The fourth-order valence-electron chi connectivity index (χ4n) is 3.68. The number of aromatic nitrogens is 3. The van der Waals surface area contributed by atoms with Gasteiger partial charge < -0.3 is 9.80 Å². The molecular weight excluding hydrogens is 288 g/mol. The quantitative estimate of drug-likeness (QED) is 0.843. The van der Waals surface area contributed by atoms with Gasteiger partial charge in [0.05, 0.1) is 11.6 Å². The van der Waals surface area contributed by atoms with Gasteiger partial charge in [-0.25, -0.2) is 15.0 Å². The first-order chi connectivity index (χ1) is 11.3. The first-order valence-corrected chi connectivity index (χ1v) is 8.00. The van der Waals surface area contributed by atoms with Crippen molar-refractivity contribution in [1.82, 2.24) is 15.0 Å². The Hall–Kier alpha value is -2.68. The third-order valence-corrected chi connectivity index (χ3v) is 4.87. The van der Waals surface area contributed by atoms with Gasteiger partial charge in [0.15, 0.2) is 0 Å². The summed E-state index contributed by atoms with van der Waals surface area (Å²) >= 11 is 0. The minimum atomic E-state index is 0.438. The van der Waals surface area contributed by atoms with Crippen LogP contribution in [0.2, 0.25) is 0 Å². The number of nitriles is 1. The minimum Gasteiger partial charge on any atom is -0.352 e. The van der Waals surface area contributed by atoms with Crippen molar-refractivity contribution >= 4 is 11.8 Å². The topological polar surface area (TPSA) is 68.9 Å². The molecule has 0 N–H and O–H groups in total. The second-order valence-electron chi connectivity index (χ2n) is 6.11. The Kier molecular flexibility index (Phi) is 3.54. The lowest BCUT2D eigenvalue weighted by Crippen LogP contribution is -2.49. The maximum Gasteiger partial charge on any atom is 0.225 e. The largest absolute Gasteiger partial charge is 0.352 e. The molecule has 2 aliphatic rings. The van der Waals surface area contributed by atoms with Gasteiger partial charge in [0.25, 0.3) is 0 Å². The van der Waals surface area contributed by atoms with Gasteiger partial charge >= 0.3 is 0 Å². The maximum absolute atomic E-state index is 8.92. The molecule has 2 fully saturated rings. The molecule has 0 bridgehead atoms. The zero-order valence-corrected chi connectivity index (χ0v) is 12.8.